The Hall–Kier alpha value is -1.58. The normalized spacial score (nSPS) is 23.0. The summed E-state index contributed by atoms with van der Waals surface area (Å²) in [6.07, 6.45) is 0.843. The van der Waals surface area contributed by atoms with Crippen molar-refractivity contribution < 1.29 is 4.39 Å². The third kappa shape index (κ3) is 1.37. The standard InChI is InChI=1S/C12H14FN3/c1-16-10-3-2-9(13)6-8(10)7-11(16)12-14-4-5-15-12/h2-3,6,11H,4-5,7H2,1H3,(H,14,15)/t11-/m1/s1. The highest BCUT2D eigenvalue weighted by Crippen LogP contribution is 2.31. The molecule has 3 rings (SSSR count). The average molecular weight is 219 g/mol. The van der Waals surface area contributed by atoms with E-state index in [0.717, 1.165) is 36.6 Å². The largest absolute Gasteiger partial charge is 0.370 e. The van der Waals surface area contributed by atoms with Crippen LogP contribution in [0.4, 0.5) is 10.1 Å². The van der Waals surface area contributed by atoms with Crippen molar-refractivity contribution in [3.63, 3.8) is 0 Å². The lowest BCUT2D eigenvalue weighted by Crippen LogP contribution is -2.41. The number of benzene rings is 1. The second kappa shape index (κ2) is 3.47. The zero-order chi connectivity index (χ0) is 11.1. The molecule has 4 heteroatoms. The molecule has 2 aliphatic rings. The topological polar surface area (TPSA) is 27.6 Å². The quantitative estimate of drug-likeness (QED) is 0.768. The van der Waals surface area contributed by atoms with Crippen LogP contribution < -0.4 is 10.2 Å². The van der Waals surface area contributed by atoms with Crippen LogP contribution in [0.1, 0.15) is 5.56 Å². The van der Waals surface area contributed by atoms with Crippen LogP contribution in [-0.4, -0.2) is 32.0 Å². The van der Waals surface area contributed by atoms with E-state index in [1.165, 1.54) is 6.07 Å². The summed E-state index contributed by atoms with van der Waals surface area (Å²) < 4.78 is 13.1. The fourth-order valence-corrected chi connectivity index (χ4v) is 2.49. The molecule has 0 fully saturated rings. The van der Waals surface area contributed by atoms with Crippen LogP contribution in [0.15, 0.2) is 23.2 Å². The van der Waals surface area contributed by atoms with Crippen molar-refractivity contribution in [2.45, 2.75) is 12.5 Å². The predicted octanol–water partition coefficient (Wildman–Crippen LogP) is 1.19. The van der Waals surface area contributed by atoms with Crippen molar-refractivity contribution in [1.82, 2.24) is 5.32 Å². The summed E-state index contributed by atoms with van der Waals surface area (Å²) in [5.41, 5.74) is 2.19. The molecule has 84 valence electrons. The third-order valence-corrected chi connectivity index (χ3v) is 3.32. The summed E-state index contributed by atoms with van der Waals surface area (Å²) in [4.78, 5) is 6.62. The lowest BCUT2D eigenvalue weighted by Gasteiger charge is -2.22. The minimum atomic E-state index is -0.158. The third-order valence-electron chi connectivity index (χ3n) is 3.32. The van der Waals surface area contributed by atoms with Crippen molar-refractivity contribution in [3.05, 3.63) is 29.6 Å². The number of rotatable bonds is 1. The summed E-state index contributed by atoms with van der Waals surface area (Å²) >= 11 is 0. The molecule has 0 aliphatic carbocycles. The van der Waals surface area contributed by atoms with Crippen molar-refractivity contribution in [2.75, 3.05) is 25.0 Å². The Balaban J connectivity index is 1.93. The molecule has 2 aliphatic heterocycles. The Morgan fingerprint density at radius 3 is 3.12 bits per heavy atom. The molecule has 0 aromatic heterocycles. The highest BCUT2D eigenvalue weighted by Gasteiger charge is 2.31. The SMILES string of the molecule is CN1c2ccc(F)cc2C[C@@H]1C1=NCCN1. The van der Waals surface area contributed by atoms with E-state index in [1.54, 1.807) is 6.07 Å². The van der Waals surface area contributed by atoms with Crippen molar-refractivity contribution in [3.8, 4) is 0 Å². The zero-order valence-electron chi connectivity index (χ0n) is 9.20. The van der Waals surface area contributed by atoms with Gasteiger partial charge in [0, 0.05) is 25.7 Å². The smallest absolute Gasteiger partial charge is 0.123 e. The van der Waals surface area contributed by atoms with E-state index in [2.05, 4.69) is 15.2 Å². The Kier molecular flexibility index (Phi) is 2.09. The van der Waals surface area contributed by atoms with Crippen LogP contribution in [0.5, 0.6) is 0 Å². The van der Waals surface area contributed by atoms with Crippen LogP contribution in [0.25, 0.3) is 0 Å². The molecule has 3 nitrogen and oxygen atoms in total. The number of halogens is 1. The minimum absolute atomic E-state index is 0.158. The summed E-state index contributed by atoms with van der Waals surface area (Å²) in [6.45, 7) is 1.77. The zero-order valence-corrected chi connectivity index (χ0v) is 9.20. The van der Waals surface area contributed by atoms with Gasteiger partial charge < -0.3 is 10.2 Å². The molecule has 0 unspecified atom stereocenters. The predicted molar refractivity (Wildman–Crippen MR) is 62.6 cm³/mol. The first-order chi connectivity index (χ1) is 7.75. The molecule has 2 heterocycles. The minimum Gasteiger partial charge on any atom is -0.370 e. The number of likely N-dealkylation sites (N-methyl/N-ethyl adjacent to an activating group) is 1. The first-order valence-corrected chi connectivity index (χ1v) is 5.55. The first kappa shape index (κ1) is 9.63. The van der Waals surface area contributed by atoms with Crippen LogP contribution in [0.3, 0.4) is 0 Å². The number of amidine groups is 1. The average Bonchev–Trinajstić information content (AvgIpc) is 2.86. The van der Waals surface area contributed by atoms with E-state index < -0.39 is 0 Å². The molecule has 16 heavy (non-hydrogen) atoms. The maximum atomic E-state index is 13.1. The van der Waals surface area contributed by atoms with Crippen molar-refractivity contribution in [2.24, 2.45) is 4.99 Å². The fourth-order valence-electron chi connectivity index (χ4n) is 2.49. The highest BCUT2D eigenvalue weighted by atomic mass is 19.1. The molecule has 0 bridgehead atoms. The number of nitrogens with zero attached hydrogens (tertiary/aromatic N) is 2. The second-order valence-electron chi connectivity index (χ2n) is 4.30. The molecule has 1 N–H and O–H groups in total. The number of hydrogen-bond acceptors (Lipinski definition) is 3. The molecule has 0 spiro atoms. The molecule has 1 atom stereocenters. The number of aliphatic imine (C=N–C) groups is 1. The second-order valence-corrected chi connectivity index (χ2v) is 4.30. The van der Waals surface area contributed by atoms with Crippen LogP contribution >= 0.6 is 0 Å². The molecular weight excluding hydrogens is 205 g/mol. The molecule has 1 aromatic rings. The maximum Gasteiger partial charge on any atom is 0.123 e. The van der Waals surface area contributed by atoms with E-state index in [0.29, 0.717) is 0 Å². The monoisotopic (exact) mass is 219 g/mol. The molecule has 0 amide bonds. The highest BCUT2D eigenvalue weighted by molar-refractivity contribution is 5.93. The maximum absolute atomic E-state index is 13.1. The van der Waals surface area contributed by atoms with Crippen LogP contribution in [0.2, 0.25) is 0 Å². The van der Waals surface area contributed by atoms with Gasteiger partial charge in [0.15, 0.2) is 0 Å². The summed E-state index contributed by atoms with van der Waals surface area (Å²) in [6, 6.07) is 5.24. The van der Waals surface area contributed by atoms with Gasteiger partial charge in [0.2, 0.25) is 0 Å². The van der Waals surface area contributed by atoms with Gasteiger partial charge in [0.05, 0.1) is 12.6 Å². The Labute approximate surface area is 94.0 Å². The van der Waals surface area contributed by atoms with Gasteiger partial charge in [-0.15, -0.1) is 0 Å². The van der Waals surface area contributed by atoms with Gasteiger partial charge >= 0.3 is 0 Å². The molecule has 0 saturated heterocycles. The van der Waals surface area contributed by atoms with Gasteiger partial charge in [-0.25, -0.2) is 4.39 Å². The number of fused-ring (bicyclic) bond motifs is 1. The molecular formula is C12H14FN3. The molecule has 0 radical (unpaired) electrons. The van der Waals surface area contributed by atoms with Crippen LogP contribution in [0, 0.1) is 5.82 Å². The van der Waals surface area contributed by atoms with E-state index in [9.17, 15) is 4.39 Å². The number of nitrogens with one attached hydrogen (secondary N) is 1. The fraction of sp³-hybridized carbons (Fsp3) is 0.417. The van der Waals surface area contributed by atoms with Gasteiger partial charge in [0.1, 0.15) is 11.7 Å². The Bertz CT molecular complexity index is 456. The lowest BCUT2D eigenvalue weighted by atomic mass is 10.1. The van der Waals surface area contributed by atoms with E-state index >= 15 is 0 Å². The van der Waals surface area contributed by atoms with E-state index in [-0.39, 0.29) is 11.9 Å². The van der Waals surface area contributed by atoms with Gasteiger partial charge in [-0.05, 0) is 23.8 Å². The molecule has 1 aromatic carbocycles. The Morgan fingerprint density at radius 2 is 2.38 bits per heavy atom. The van der Waals surface area contributed by atoms with Gasteiger partial charge in [0.25, 0.3) is 0 Å². The number of hydrogen-bond donors (Lipinski definition) is 1. The summed E-state index contributed by atoms with van der Waals surface area (Å²) in [7, 11) is 2.04. The molecule has 0 saturated carbocycles. The van der Waals surface area contributed by atoms with Gasteiger partial charge in [-0.1, -0.05) is 0 Å². The van der Waals surface area contributed by atoms with E-state index in [1.807, 2.05) is 13.1 Å². The van der Waals surface area contributed by atoms with E-state index in [4.69, 9.17) is 0 Å². The van der Waals surface area contributed by atoms with Crippen molar-refractivity contribution in [1.29, 1.82) is 0 Å². The number of anilines is 1. The van der Waals surface area contributed by atoms with Crippen LogP contribution in [-0.2, 0) is 6.42 Å². The Morgan fingerprint density at radius 1 is 1.50 bits per heavy atom. The lowest BCUT2D eigenvalue weighted by molar-refractivity contribution is 0.626. The summed E-state index contributed by atoms with van der Waals surface area (Å²) in [5.74, 6) is 0.883. The van der Waals surface area contributed by atoms with Gasteiger partial charge in [-0.3, -0.25) is 4.99 Å². The van der Waals surface area contributed by atoms with Gasteiger partial charge in [-0.2, -0.15) is 0 Å². The van der Waals surface area contributed by atoms with Crippen molar-refractivity contribution >= 4 is 11.5 Å². The summed E-state index contributed by atoms with van der Waals surface area (Å²) in [5, 5.41) is 3.29. The first-order valence-electron chi connectivity index (χ1n) is 5.55.